The van der Waals surface area contributed by atoms with Crippen molar-refractivity contribution in [3.8, 4) is 0 Å². The van der Waals surface area contributed by atoms with Crippen molar-refractivity contribution >= 4 is 5.82 Å². The summed E-state index contributed by atoms with van der Waals surface area (Å²) in [7, 11) is 4.16. The maximum absolute atomic E-state index is 9.94. The fraction of sp³-hybridized carbons (Fsp3) is 0.667. The number of nitrogens with one attached hydrogen (secondary N) is 1. The summed E-state index contributed by atoms with van der Waals surface area (Å²) >= 11 is 0. The van der Waals surface area contributed by atoms with Crippen molar-refractivity contribution in [1.29, 1.82) is 0 Å². The highest BCUT2D eigenvalue weighted by atomic mass is 16.3. The van der Waals surface area contributed by atoms with Crippen LogP contribution in [-0.4, -0.2) is 65.8 Å². The first-order valence-electron chi connectivity index (χ1n) is 7.34. The Kier molecular flexibility index (Phi) is 5.34. The van der Waals surface area contributed by atoms with Crippen LogP contribution < -0.4 is 5.32 Å². The summed E-state index contributed by atoms with van der Waals surface area (Å²) in [4.78, 5) is 8.95. The third kappa shape index (κ3) is 3.91. The molecule has 2 rings (SSSR count). The van der Waals surface area contributed by atoms with Crippen LogP contribution in [0.25, 0.3) is 0 Å². The lowest BCUT2D eigenvalue weighted by Gasteiger charge is -2.27. The third-order valence-electron chi connectivity index (χ3n) is 3.69. The van der Waals surface area contributed by atoms with Gasteiger partial charge in [-0.1, -0.05) is 6.07 Å². The number of aliphatic hydroxyl groups is 1. The number of hydrogen-bond acceptors (Lipinski definition) is 5. The largest absolute Gasteiger partial charge is 0.392 e. The molecular formula is C15H26N4O. The second-order valence-electron chi connectivity index (χ2n) is 5.78. The Bertz CT molecular complexity index is 424. The molecule has 0 aromatic carbocycles. The molecule has 1 aromatic rings. The lowest BCUT2D eigenvalue weighted by molar-refractivity contribution is 0.169. The zero-order valence-electron chi connectivity index (χ0n) is 12.7. The Morgan fingerprint density at radius 3 is 3.00 bits per heavy atom. The number of nitrogens with zero attached hydrogens (tertiary/aromatic N) is 3. The average molecular weight is 278 g/mol. The molecule has 112 valence electrons. The molecule has 20 heavy (non-hydrogen) atoms. The summed E-state index contributed by atoms with van der Waals surface area (Å²) < 4.78 is 0. The van der Waals surface area contributed by atoms with Crippen molar-refractivity contribution in [2.24, 2.45) is 0 Å². The molecule has 1 saturated heterocycles. The predicted octanol–water partition coefficient (Wildman–Crippen LogP) is 1.01. The Morgan fingerprint density at radius 1 is 1.50 bits per heavy atom. The topological polar surface area (TPSA) is 51.6 Å². The number of pyridine rings is 1. The van der Waals surface area contributed by atoms with Gasteiger partial charge in [0.05, 0.1) is 6.10 Å². The van der Waals surface area contributed by atoms with E-state index in [-0.39, 0.29) is 6.10 Å². The second-order valence-corrected chi connectivity index (χ2v) is 5.78. The van der Waals surface area contributed by atoms with Gasteiger partial charge < -0.3 is 15.3 Å². The van der Waals surface area contributed by atoms with E-state index in [9.17, 15) is 5.11 Å². The Labute approximate surface area is 121 Å². The molecule has 2 atom stereocenters. The number of rotatable bonds is 6. The second kappa shape index (κ2) is 7.02. The van der Waals surface area contributed by atoms with Crippen molar-refractivity contribution in [2.45, 2.75) is 32.0 Å². The van der Waals surface area contributed by atoms with Crippen LogP contribution in [0, 0.1) is 0 Å². The fourth-order valence-electron chi connectivity index (χ4n) is 2.87. The molecule has 1 fully saturated rings. The molecule has 2 heterocycles. The smallest absolute Gasteiger partial charge is 0.130 e. The molecule has 0 spiro atoms. The molecule has 0 amide bonds. The van der Waals surface area contributed by atoms with E-state index >= 15 is 0 Å². The number of likely N-dealkylation sites (tertiary alicyclic amines) is 1. The third-order valence-corrected chi connectivity index (χ3v) is 3.69. The van der Waals surface area contributed by atoms with Gasteiger partial charge in [-0.05, 0) is 33.5 Å². The van der Waals surface area contributed by atoms with Crippen LogP contribution in [0.2, 0.25) is 0 Å². The van der Waals surface area contributed by atoms with Crippen LogP contribution in [0.15, 0.2) is 18.3 Å². The van der Waals surface area contributed by atoms with Gasteiger partial charge in [0.2, 0.25) is 0 Å². The zero-order chi connectivity index (χ0) is 14.5. The average Bonchev–Trinajstić information content (AvgIpc) is 2.71. The molecular weight excluding hydrogens is 252 g/mol. The highest BCUT2D eigenvalue weighted by Gasteiger charge is 2.31. The van der Waals surface area contributed by atoms with Crippen molar-refractivity contribution in [3.05, 3.63) is 23.9 Å². The molecule has 1 aliphatic rings. The van der Waals surface area contributed by atoms with Crippen LogP contribution in [0.1, 0.15) is 18.9 Å². The number of aliphatic hydroxyl groups excluding tert-OH is 1. The Hall–Kier alpha value is -1.17. The van der Waals surface area contributed by atoms with Crippen LogP contribution in [0.4, 0.5) is 5.82 Å². The minimum Gasteiger partial charge on any atom is -0.392 e. The molecule has 2 unspecified atom stereocenters. The number of hydrogen-bond donors (Lipinski definition) is 2. The van der Waals surface area contributed by atoms with E-state index in [2.05, 4.69) is 47.2 Å². The minimum atomic E-state index is -0.209. The predicted molar refractivity (Wildman–Crippen MR) is 81.8 cm³/mol. The first-order valence-corrected chi connectivity index (χ1v) is 7.34. The van der Waals surface area contributed by atoms with Crippen LogP contribution in [0.3, 0.4) is 0 Å². The van der Waals surface area contributed by atoms with Gasteiger partial charge in [-0.2, -0.15) is 0 Å². The van der Waals surface area contributed by atoms with E-state index < -0.39 is 0 Å². The number of aromatic nitrogens is 1. The molecule has 0 bridgehead atoms. The van der Waals surface area contributed by atoms with Gasteiger partial charge in [-0.25, -0.2) is 4.98 Å². The first-order chi connectivity index (χ1) is 9.60. The van der Waals surface area contributed by atoms with Gasteiger partial charge in [-0.3, -0.25) is 4.90 Å². The Morgan fingerprint density at radius 2 is 2.30 bits per heavy atom. The summed E-state index contributed by atoms with van der Waals surface area (Å²) in [6.45, 7) is 5.51. The summed E-state index contributed by atoms with van der Waals surface area (Å²) in [5, 5.41) is 13.2. The molecule has 0 radical (unpaired) electrons. The van der Waals surface area contributed by atoms with Crippen molar-refractivity contribution in [2.75, 3.05) is 39.0 Å². The molecule has 5 nitrogen and oxygen atoms in total. The van der Waals surface area contributed by atoms with E-state index in [1.54, 1.807) is 0 Å². The van der Waals surface area contributed by atoms with Gasteiger partial charge in [0.15, 0.2) is 0 Å². The number of β-amino-alcohol motifs (C(OH)–C–C–N with tert-alkyl or cyclic N) is 1. The lowest BCUT2D eigenvalue weighted by atomic mass is 10.1. The highest BCUT2D eigenvalue weighted by molar-refractivity contribution is 5.43. The van der Waals surface area contributed by atoms with E-state index in [1.807, 2.05) is 12.3 Å². The van der Waals surface area contributed by atoms with Gasteiger partial charge in [0, 0.05) is 44.0 Å². The van der Waals surface area contributed by atoms with Crippen molar-refractivity contribution in [3.63, 3.8) is 0 Å². The standard InChI is InChI=1S/C15H26N4O/c1-4-16-15-12(6-5-7-17-15)9-19-11-14(20)8-13(19)10-18(2)3/h5-7,13-14,20H,4,8-11H2,1-3H3,(H,16,17). The maximum atomic E-state index is 9.94. The van der Waals surface area contributed by atoms with Gasteiger partial charge in [0.1, 0.15) is 5.82 Å². The SMILES string of the molecule is CCNc1ncccc1CN1CC(O)CC1CN(C)C. The molecule has 1 aliphatic heterocycles. The monoisotopic (exact) mass is 278 g/mol. The quantitative estimate of drug-likeness (QED) is 0.813. The summed E-state index contributed by atoms with van der Waals surface area (Å²) in [6.07, 6.45) is 2.46. The highest BCUT2D eigenvalue weighted by Crippen LogP contribution is 2.23. The molecule has 5 heteroatoms. The van der Waals surface area contributed by atoms with E-state index in [1.165, 1.54) is 5.56 Å². The summed E-state index contributed by atoms with van der Waals surface area (Å²) in [6, 6.07) is 4.50. The molecule has 0 aliphatic carbocycles. The molecule has 2 N–H and O–H groups in total. The minimum absolute atomic E-state index is 0.209. The molecule has 1 aromatic heterocycles. The fourth-order valence-corrected chi connectivity index (χ4v) is 2.87. The van der Waals surface area contributed by atoms with E-state index in [0.717, 1.165) is 38.4 Å². The normalized spacial score (nSPS) is 23.4. The van der Waals surface area contributed by atoms with E-state index in [4.69, 9.17) is 0 Å². The zero-order valence-corrected chi connectivity index (χ0v) is 12.7. The van der Waals surface area contributed by atoms with Crippen molar-refractivity contribution < 1.29 is 5.11 Å². The van der Waals surface area contributed by atoms with Gasteiger partial charge in [-0.15, -0.1) is 0 Å². The van der Waals surface area contributed by atoms with Crippen molar-refractivity contribution in [1.82, 2.24) is 14.8 Å². The maximum Gasteiger partial charge on any atom is 0.130 e. The van der Waals surface area contributed by atoms with Crippen LogP contribution in [0.5, 0.6) is 0 Å². The lowest BCUT2D eigenvalue weighted by Crippen LogP contribution is -2.37. The van der Waals surface area contributed by atoms with Crippen LogP contribution in [-0.2, 0) is 6.54 Å². The summed E-state index contributed by atoms with van der Waals surface area (Å²) in [5.74, 6) is 0.958. The Balaban J connectivity index is 2.07. The van der Waals surface area contributed by atoms with Gasteiger partial charge in [0.25, 0.3) is 0 Å². The number of likely N-dealkylation sites (N-methyl/N-ethyl adjacent to an activating group) is 1. The molecule has 0 saturated carbocycles. The van der Waals surface area contributed by atoms with E-state index in [0.29, 0.717) is 6.04 Å². The number of anilines is 1. The summed E-state index contributed by atoms with van der Waals surface area (Å²) in [5.41, 5.74) is 1.20. The van der Waals surface area contributed by atoms with Crippen LogP contribution >= 0.6 is 0 Å². The first kappa shape index (κ1) is 15.2. The van der Waals surface area contributed by atoms with Gasteiger partial charge >= 0.3 is 0 Å².